The van der Waals surface area contributed by atoms with Crippen molar-refractivity contribution in [2.24, 2.45) is 0 Å². The summed E-state index contributed by atoms with van der Waals surface area (Å²) in [7, 11) is 0. The summed E-state index contributed by atoms with van der Waals surface area (Å²) in [6.07, 6.45) is 10.4. The van der Waals surface area contributed by atoms with Crippen LogP contribution in [0.3, 0.4) is 0 Å². The Morgan fingerprint density at radius 3 is 1.73 bits per heavy atom. The smallest absolute Gasteiger partial charge is 0.306 e. The molecule has 0 saturated carbocycles. The van der Waals surface area contributed by atoms with Crippen molar-refractivity contribution in [3.63, 3.8) is 0 Å². The van der Waals surface area contributed by atoms with Crippen LogP contribution in [0.2, 0.25) is 0 Å². The van der Waals surface area contributed by atoms with Crippen molar-refractivity contribution >= 4 is 11.9 Å². The Bertz CT molecular complexity index is 373. The van der Waals surface area contributed by atoms with E-state index in [4.69, 9.17) is 9.47 Å². The lowest BCUT2D eigenvalue weighted by molar-refractivity contribution is -0.174. The maximum atomic E-state index is 12.0. The lowest BCUT2D eigenvalue weighted by atomic mass is 10.0. The van der Waals surface area contributed by atoms with Gasteiger partial charge in [0.2, 0.25) is 0 Å². The molecule has 1 unspecified atom stereocenters. The highest BCUT2D eigenvalue weighted by molar-refractivity contribution is 5.70. The highest BCUT2D eigenvalue weighted by Crippen LogP contribution is 2.16. The summed E-state index contributed by atoms with van der Waals surface area (Å²) < 4.78 is 10.6. The predicted molar refractivity (Wildman–Crippen MR) is 104 cm³/mol. The normalized spacial score (nSPS) is 12.7. The molecule has 0 aromatic rings. The van der Waals surface area contributed by atoms with Crippen molar-refractivity contribution in [3.05, 3.63) is 0 Å². The van der Waals surface area contributed by atoms with E-state index >= 15 is 0 Å². The van der Waals surface area contributed by atoms with E-state index < -0.39 is 11.7 Å². The van der Waals surface area contributed by atoms with E-state index in [1.54, 1.807) is 13.8 Å². The predicted octanol–water partition coefficient (Wildman–Crippen LogP) is 4.93. The van der Waals surface area contributed by atoms with Crippen molar-refractivity contribution in [2.45, 2.75) is 116 Å². The number of esters is 2. The van der Waals surface area contributed by atoms with Gasteiger partial charge in [0.05, 0.1) is 5.60 Å². The zero-order chi connectivity index (χ0) is 19.8. The maximum absolute atomic E-state index is 12.0. The molecule has 1 atom stereocenters. The van der Waals surface area contributed by atoms with Gasteiger partial charge in [-0.05, 0) is 26.7 Å². The zero-order valence-electron chi connectivity index (χ0n) is 17.3. The third-order valence-corrected chi connectivity index (χ3v) is 4.43. The zero-order valence-corrected chi connectivity index (χ0v) is 17.3. The fraction of sp³-hybridized carbons (Fsp3) is 0.905. The average Bonchev–Trinajstić information content (AvgIpc) is 2.57. The molecule has 0 spiro atoms. The monoisotopic (exact) mass is 372 g/mol. The first kappa shape index (κ1) is 24.9. The molecule has 0 bridgehead atoms. The molecule has 1 N–H and O–H groups in total. The quantitative estimate of drug-likeness (QED) is 0.307. The third-order valence-electron chi connectivity index (χ3n) is 4.43. The minimum absolute atomic E-state index is 0.0983. The number of hydrogen-bond donors (Lipinski definition) is 1. The Morgan fingerprint density at radius 1 is 0.808 bits per heavy atom. The molecule has 0 fully saturated rings. The molecule has 0 saturated heterocycles. The standard InChI is InChI=1S/C21H40O5/c1-5-7-9-11-13-15-19(22)25-17-18(21(3,4)24)26-20(23)16-14-12-10-8-6-2/h18,24H,5-17H2,1-4H3. The minimum atomic E-state index is -1.25. The maximum Gasteiger partial charge on any atom is 0.306 e. The molecule has 0 aliphatic carbocycles. The van der Waals surface area contributed by atoms with Gasteiger partial charge in [-0.3, -0.25) is 9.59 Å². The summed E-state index contributed by atoms with van der Waals surface area (Å²) >= 11 is 0. The van der Waals surface area contributed by atoms with E-state index in [9.17, 15) is 14.7 Å². The second-order valence-corrected chi connectivity index (χ2v) is 7.64. The molecule has 0 rings (SSSR count). The molecule has 154 valence electrons. The van der Waals surface area contributed by atoms with Crippen LogP contribution in [0.1, 0.15) is 105 Å². The Morgan fingerprint density at radius 2 is 1.27 bits per heavy atom. The number of carbonyl (C=O) groups is 2. The molecule has 0 aliphatic heterocycles. The number of rotatable bonds is 16. The first-order chi connectivity index (χ1) is 12.3. The summed E-state index contributed by atoms with van der Waals surface area (Å²) in [6, 6.07) is 0. The summed E-state index contributed by atoms with van der Waals surface area (Å²) in [5.41, 5.74) is -1.25. The van der Waals surface area contributed by atoms with Gasteiger partial charge in [0.25, 0.3) is 0 Å². The molecular formula is C21H40O5. The molecule has 0 aliphatic rings. The minimum Gasteiger partial charge on any atom is -0.462 e. The van der Waals surface area contributed by atoms with Crippen molar-refractivity contribution < 1.29 is 24.2 Å². The Kier molecular flexibility index (Phi) is 14.4. The Balaban J connectivity index is 4.12. The molecule has 0 amide bonds. The van der Waals surface area contributed by atoms with Crippen LogP contribution in [0.4, 0.5) is 0 Å². The molecule has 5 nitrogen and oxygen atoms in total. The van der Waals surface area contributed by atoms with Gasteiger partial charge in [0.15, 0.2) is 6.10 Å². The topological polar surface area (TPSA) is 72.8 Å². The molecular weight excluding hydrogens is 332 g/mol. The lowest BCUT2D eigenvalue weighted by Crippen LogP contribution is -2.43. The summed E-state index contributed by atoms with van der Waals surface area (Å²) in [4.78, 5) is 23.8. The first-order valence-corrected chi connectivity index (χ1v) is 10.4. The third kappa shape index (κ3) is 14.1. The van der Waals surface area contributed by atoms with Gasteiger partial charge in [-0.25, -0.2) is 0 Å². The van der Waals surface area contributed by atoms with E-state index in [0.717, 1.165) is 44.9 Å². The van der Waals surface area contributed by atoms with Gasteiger partial charge >= 0.3 is 11.9 Å². The molecule has 26 heavy (non-hydrogen) atoms. The van der Waals surface area contributed by atoms with Gasteiger partial charge in [-0.15, -0.1) is 0 Å². The van der Waals surface area contributed by atoms with Crippen LogP contribution >= 0.6 is 0 Å². The van der Waals surface area contributed by atoms with Crippen LogP contribution in [-0.4, -0.2) is 35.4 Å². The fourth-order valence-corrected chi connectivity index (χ4v) is 2.59. The van der Waals surface area contributed by atoms with Crippen LogP contribution in [0, 0.1) is 0 Å². The van der Waals surface area contributed by atoms with Crippen molar-refractivity contribution in [3.8, 4) is 0 Å². The number of aliphatic hydroxyl groups is 1. The van der Waals surface area contributed by atoms with Gasteiger partial charge in [0.1, 0.15) is 6.61 Å². The number of carbonyl (C=O) groups excluding carboxylic acids is 2. The van der Waals surface area contributed by atoms with Gasteiger partial charge in [-0.1, -0.05) is 65.2 Å². The fourth-order valence-electron chi connectivity index (χ4n) is 2.59. The number of ether oxygens (including phenoxy) is 2. The summed E-state index contributed by atoms with van der Waals surface area (Å²) in [5, 5.41) is 10.2. The van der Waals surface area contributed by atoms with Crippen LogP contribution in [0.15, 0.2) is 0 Å². The number of unbranched alkanes of at least 4 members (excludes halogenated alkanes) is 8. The highest BCUT2D eigenvalue weighted by atomic mass is 16.6. The van der Waals surface area contributed by atoms with Crippen LogP contribution in [0.25, 0.3) is 0 Å². The van der Waals surface area contributed by atoms with Crippen LogP contribution in [-0.2, 0) is 19.1 Å². The summed E-state index contributed by atoms with van der Waals surface area (Å²) in [5.74, 6) is -0.643. The van der Waals surface area contributed by atoms with E-state index in [1.807, 2.05) is 0 Å². The Labute approximate surface area is 159 Å². The molecule has 0 radical (unpaired) electrons. The molecule has 5 heteroatoms. The van der Waals surface area contributed by atoms with Gasteiger partial charge in [-0.2, -0.15) is 0 Å². The van der Waals surface area contributed by atoms with Crippen LogP contribution < -0.4 is 0 Å². The molecule has 0 aromatic heterocycles. The van der Waals surface area contributed by atoms with Crippen molar-refractivity contribution in [1.82, 2.24) is 0 Å². The number of hydrogen-bond acceptors (Lipinski definition) is 5. The van der Waals surface area contributed by atoms with E-state index in [-0.39, 0.29) is 18.5 Å². The first-order valence-electron chi connectivity index (χ1n) is 10.4. The Hall–Kier alpha value is -1.10. The average molecular weight is 373 g/mol. The second kappa shape index (κ2) is 15.0. The van der Waals surface area contributed by atoms with Gasteiger partial charge in [0, 0.05) is 12.8 Å². The van der Waals surface area contributed by atoms with E-state index in [1.165, 1.54) is 19.3 Å². The van der Waals surface area contributed by atoms with E-state index in [2.05, 4.69) is 13.8 Å². The highest BCUT2D eigenvalue weighted by Gasteiger charge is 2.31. The SMILES string of the molecule is CCCCCCCC(=O)OCC(OC(=O)CCCCCCC)C(C)(C)O. The van der Waals surface area contributed by atoms with Crippen molar-refractivity contribution in [2.75, 3.05) is 6.61 Å². The van der Waals surface area contributed by atoms with Crippen molar-refractivity contribution in [1.29, 1.82) is 0 Å². The largest absolute Gasteiger partial charge is 0.462 e. The van der Waals surface area contributed by atoms with Crippen LogP contribution in [0.5, 0.6) is 0 Å². The molecule has 0 heterocycles. The summed E-state index contributed by atoms with van der Waals surface area (Å²) in [6.45, 7) is 7.32. The molecule has 0 aromatic carbocycles. The van der Waals surface area contributed by atoms with Gasteiger partial charge < -0.3 is 14.6 Å². The van der Waals surface area contributed by atoms with E-state index in [0.29, 0.717) is 12.8 Å². The second-order valence-electron chi connectivity index (χ2n) is 7.64. The lowest BCUT2D eigenvalue weighted by Gasteiger charge is -2.28.